The molecule has 4 aliphatic rings. The number of hydrogen-bond acceptors (Lipinski definition) is 10. The van der Waals surface area contributed by atoms with Crippen LogP contribution in [0.15, 0.2) is 12.1 Å². The summed E-state index contributed by atoms with van der Waals surface area (Å²) in [5, 5.41) is 23.1. The molecule has 3 fully saturated rings. The molecule has 4 N–H and O–H groups in total. The molecule has 0 bridgehead atoms. The minimum Gasteiger partial charge on any atom is -0.505 e. The number of morpholine rings is 1. The predicted octanol–water partition coefficient (Wildman–Crippen LogP) is -0.489. The summed E-state index contributed by atoms with van der Waals surface area (Å²) in [6, 6.07) is 2.39. The van der Waals surface area contributed by atoms with Gasteiger partial charge in [-0.25, -0.2) is 0 Å². The molecule has 11 heteroatoms. The number of anilines is 1. The van der Waals surface area contributed by atoms with E-state index in [4.69, 9.17) is 10.5 Å². The highest BCUT2D eigenvalue weighted by Gasteiger charge is 2.72. The third kappa shape index (κ3) is 3.34. The van der Waals surface area contributed by atoms with Crippen LogP contribution in [0.5, 0.6) is 5.75 Å². The Balaban J connectivity index is 1.67. The van der Waals surface area contributed by atoms with E-state index in [0.29, 0.717) is 37.6 Å². The highest BCUT2D eigenvalue weighted by atomic mass is 16.5. The average Bonchev–Trinajstić information content (AvgIpc) is 2.86. The Morgan fingerprint density at radius 1 is 1.11 bits per heavy atom. The first kappa shape index (κ1) is 26.5. The maximum Gasteiger partial charge on any atom is 0.235 e. The number of primary amides is 1. The largest absolute Gasteiger partial charge is 0.505 e. The molecule has 1 aromatic carbocycles. The first-order valence-electron chi connectivity index (χ1n) is 12.9. The number of carbonyl (C=O) groups excluding carboxylic acids is 5. The van der Waals surface area contributed by atoms with E-state index in [9.17, 15) is 34.2 Å². The first-order chi connectivity index (χ1) is 17.8. The Kier molecular flexibility index (Phi) is 6.24. The van der Waals surface area contributed by atoms with Crippen molar-refractivity contribution in [1.29, 1.82) is 0 Å². The molecule has 204 valence electrons. The van der Waals surface area contributed by atoms with Gasteiger partial charge in [-0.1, -0.05) is 19.9 Å². The number of phenols is 1. The van der Waals surface area contributed by atoms with E-state index in [0.717, 1.165) is 0 Å². The molecule has 1 heterocycles. The van der Waals surface area contributed by atoms with Crippen molar-refractivity contribution in [3.05, 3.63) is 23.3 Å². The van der Waals surface area contributed by atoms with E-state index in [1.807, 2.05) is 11.8 Å². The second-order valence-electron chi connectivity index (χ2n) is 11.2. The third-order valence-corrected chi connectivity index (χ3v) is 9.23. The van der Waals surface area contributed by atoms with Crippen LogP contribution in [0.4, 0.5) is 5.69 Å². The van der Waals surface area contributed by atoms with Crippen LogP contribution in [0.3, 0.4) is 0 Å². The van der Waals surface area contributed by atoms with Crippen LogP contribution in [-0.4, -0.2) is 96.2 Å². The molecule has 1 aromatic rings. The molecule has 38 heavy (non-hydrogen) atoms. The Labute approximate surface area is 219 Å². The molecule has 5 rings (SSSR count). The fraction of sp³-hybridized carbons (Fsp3) is 0.593. The van der Waals surface area contributed by atoms with Crippen molar-refractivity contribution < 1.29 is 38.9 Å². The molecule has 0 spiro atoms. The van der Waals surface area contributed by atoms with Crippen LogP contribution in [0.25, 0.3) is 0 Å². The van der Waals surface area contributed by atoms with Crippen molar-refractivity contribution in [1.82, 2.24) is 4.90 Å². The number of carbonyl (C=O) groups is 5. The number of Topliss-reactive ketones (excluding diaryl/α,β-unsaturated/α-hetero) is 4. The summed E-state index contributed by atoms with van der Waals surface area (Å²) in [6.07, 6.45) is 0. The standard InChI is InChI=1S/C27H33N3O8/c1-11-13-5-6-14(30-7-9-38-10-8-30)21(31)16(13)22(32)17-15(11)12(2)19-20(29(3)4)23(33)18(26(28)36)25(35)27(19,37)24(17)34/h5-6,11-12,15,17-20,31,37H,7-10H2,1-4H3,(H2,28,36)/t11-,12-,15-,17?,18?,19-,20-,27-/m0/s1. The van der Waals surface area contributed by atoms with Crippen molar-refractivity contribution in [3.8, 4) is 5.75 Å². The quantitative estimate of drug-likeness (QED) is 0.436. The van der Waals surface area contributed by atoms with Crippen molar-refractivity contribution in [3.63, 3.8) is 0 Å². The zero-order valence-corrected chi connectivity index (χ0v) is 21.8. The van der Waals surface area contributed by atoms with E-state index in [-0.39, 0.29) is 11.3 Å². The van der Waals surface area contributed by atoms with E-state index in [1.165, 1.54) is 4.90 Å². The Hall–Kier alpha value is -3.15. The second kappa shape index (κ2) is 8.96. The summed E-state index contributed by atoms with van der Waals surface area (Å²) >= 11 is 0. The molecule has 0 radical (unpaired) electrons. The number of rotatable bonds is 3. The van der Waals surface area contributed by atoms with Crippen LogP contribution in [-0.2, 0) is 23.9 Å². The van der Waals surface area contributed by atoms with Gasteiger partial charge in [0.25, 0.3) is 0 Å². The lowest BCUT2D eigenvalue weighted by Crippen LogP contribution is -2.76. The number of phenolic OH excluding ortho intramolecular Hbond substituents is 1. The zero-order chi connectivity index (χ0) is 27.8. The fourth-order valence-electron chi connectivity index (χ4n) is 7.54. The highest BCUT2D eigenvalue weighted by molar-refractivity contribution is 6.32. The van der Waals surface area contributed by atoms with Gasteiger partial charge in [-0.05, 0) is 43.5 Å². The molecule has 1 saturated heterocycles. The highest BCUT2D eigenvalue weighted by Crippen LogP contribution is 2.57. The number of ether oxygens (including phenoxy) is 1. The van der Waals surface area contributed by atoms with Gasteiger partial charge in [-0.2, -0.15) is 0 Å². The van der Waals surface area contributed by atoms with Crippen molar-refractivity contribution in [2.45, 2.75) is 31.4 Å². The number of aliphatic hydroxyl groups is 1. The molecule has 2 saturated carbocycles. The second-order valence-corrected chi connectivity index (χ2v) is 11.2. The summed E-state index contributed by atoms with van der Waals surface area (Å²) in [5.74, 6) is -11.6. The molecule has 8 atom stereocenters. The maximum atomic E-state index is 14.1. The molecule has 1 amide bonds. The lowest BCUT2D eigenvalue weighted by Gasteiger charge is -2.57. The third-order valence-electron chi connectivity index (χ3n) is 9.23. The van der Waals surface area contributed by atoms with Crippen molar-refractivity contribution in [2.24, 2.45) is 35.3 Å². The minimum atomic E-state index is -2.76. The monoisotopic (exact) mass is 527 g/mol. The van der Waals surface area contributed by atoms with Crippen LogP contribution in [0.2, 0.25) is 0 Å². The maximum absolute atomic E-state index is 14.1. The molecule has 1 aliphatic heterocycles. The molecule has 0 aromatic heterocycles. The van der Waals surface area contributed by atoms with Gasteiger partial charge in [-0.15, -0.1) is 0 Å². The Bertz CT molecular complexity index is 1250. The van der Waals surface area contributed by atoms with Crippen LogP contribution in [0.1, 0.15) is 35.7 Å². The summed E-state index contributed by atoms with van der Waals surface area (Å²) in [5.41, 5.74) is 3.65. The average molecular weight is 528 g/mol. The molecule has 2 unspecified atom stereocenters. The SMILES string of the molecule is C[C@H]1[C@H]2C(C(=O)c3c(ccc(N4CCOCC4)c3O)[C@@H]2C)C(=O)[C@]2(O)C(=O)C(C(N)=O)C(=O)[C@@H](N(C)C)[C@H]12. The molecular weight excluding hydrogens is 494 g/mol. The van der Waals surface area contributed by atoms with Crippen molar-refractivity contribution >= 4 is 34.7 Å². The van der Waals surface area contributed by atoms with Gasteiger partial charge in [0.15, 0.2) is 34.7 Å². The smallest absolute Gasteiger partial charge is 0.235 e. The lowest BCUT2D eigenvalue weighted by molar-refractivity contribution is -0.188. The summed E-state index contributed by atoms with van der Waals surface area (Å²) in [7, 11) is 3.13. The summed E-state index contributed by atoms with van der Waals surface area (Å²) < 4.78 is 5.38. The number of ketones is 4. The summed E-state index contributed by atoms with van der Waals surface area (Å²) in [6.45, 7) is 5.52. The van der Waals surface area contributed by atoms with Crippen LogP contribution in [0, 0.1) is 29.6 Å². The van der Waals surface area contributed by atoms with Gasteiger partial charge in [0.1, 0.15) is 5.75 Å². The zero-order valence-electron chi connectivity index (χ0n) is 21.8. The number of nitrogens with zero attached hydrogens (tertiary/aromatic N) is 2. The van der Waals surface area contributed by atoms with E-state index >= 15 is 0 Å². The normalized spacial score (nSPS) is 37.1. The number of hydrogen-bond donors (Lipinski definition) is 3. The van der Waals surface area contributed by atoms with E-state index in [1.54, 1.807) is 33.2 Å². The van der Waals surface area contributed by atoms with Gasteiger partial charge in [0.05, 0.1) is 36.4 Å². The number of fused-ring (bicyclic) bond motifs is 3. The number of amides is 1. The molecule has 11 nitrogen and oxygen atoms in total. The molecular formula is C27H33N3O8. The number of nitrogens with two attached hydrogens (primary N) is 1. The number of likely N-dealkylation sites (N-methyl/N-ethyl adjacent to an activating group) is 1. The van der Waals surface area contributed by atoms with E-state index in [2.05, 4.69) is 0 Å². The van der Waals surface area contributed by atoms with Gasteiger partial charge < -0.3 is 25.6 Å². The lowest BCUT2D eigenvalue weighted by atomic mass is 9.47. The van der Waals surface area contributed by atoms with Gasteiger partial charge in [-0.3, -0.25) is 28.9 Å². The van der Waals surface area contributed by atoms with Crippen LogP contribution >= 0.6 is 0 Å². The molecule has 3 aliphatic carbocycles. The predicted molar refractivity (Wildman–Crippen MR) is 134 cm³/mol. The first-order valence-corrected chi connectivity index (χ1v) is 12.9. The summed E-state index contributed by atoms with van der Waals surface area (Å²) in [4.78, 5) is 70.5. The van der Waals surface area contributed by atoms with Gasteiger partial charge in [0.2, 0.25) is 5.91 Å². The minimum absolute atomic E-state index is 0.000266. The Morgan fingerprint density at radius 3 is 2.32 bits per heavy atom. The van der Waals surface area contributed by atoms with Crippen LogP contribution < -0.4 is 10.6 Å². The Morgan fingerprint density at radius 2 is 1.74 bits per heavy atom. The number of aromatic hydroxyl groups is 1. The van der Waals surface area contributed by atoms with Gasteiger partial charge >= 0.3 is 0 Å². The number of benzene rings is 1. The van der Waals surface area contributed by atoms with Gasteiger partial charge in [0, 0.05) is 19.0 Å². The fourth-order valence-corrected chi connectivity index (χ4v) is 7.54. The van der Waals surface area contributed by atoms with Crippen molar-refractivity contribution in [2.75, 3.05) is 45.3 Å². The van der Waals surface area contributed by atoms with E-state index < -0.39 is 76.2 Å². The topological polar surface area (TPSA) is 168 Å².